The topological polar surface area (TPSA) is 71.5 Å². The lowest BCUT2D eigenvalue weighted by Crippen LogP contribution is -2.11. The highest BCUT2D eigenvalue weighted by atomic mass is 16.4. The lowest BCUT2D eigenvalue weighted by Gasteiger charge is -2.23. The molecule has 0 aliphatic heterocycles. The van der Waals surface area contributed by atoms with Gasteiger partial charge in [0.2, 0.25) is 5.89 Å². The van der Waals surface area contributed by atoms with Gasteiger partial charge in [-0.05, 0) is 83.9 Å². The van der Waals surface area contributed by atoms with Crippen LogP contribution in [0.25, 0.3) is 122 Å². The van der Waals surface area contributed by atoms with Gasteiger partial charge in [0.15, 0.2) is 0 Å². The van der Waals surface area contributed by atoms with Crippen LogP contribution in [0.4, 0.5) is 0 Å². The Morgan fingerprint density at radius 2 is 0.791 bits per heavy atom. The van der Waals surface area contributed by atoms with E-state index in [4.69, 9.17) is 9.40 Å². The molecule has 67 heavy (non-hydrogen) atoms. The summed E-state index contributed by atoms with van der Waals surface area (Å²) in [6.45, 7) is 6.24. The van der Waals surface area contributed by atoms with E-state index in [0.29, 0.717) is 11.9 Å². The van der Waals surface area contributed by atoms with Crippen LogP contribution in [0.2, 0.25) is 0 Å². The zero-order valence-corrected chi connectivity index (χ0v) is 37.0. The fourth-order valence-electron chi connectivity index (χ4n) is 10.7. The third kappa shape index (κ3) is 5.38. The summed E-state index contributed by atoms with van der Waals surface area (Å²) in [4.78, 5) is 4.98. The standard InChI is InChI=1S/C59H41N7O/c1-59(2,3)57-61-62-58(67-57)66-51-31-30-36(33-44(51)55-52(66)29-16-32-60-55)37-34-53(63-45-23-10-4-17-38(45)39-18-5-11-24-46(39)63)56(65-49-27-14-8-21-42(49)43-22-9-15-28-50(43)65)54(35-37)64-47-25-12-6-19-40(47)41-20-7-13-26-48(41)64/h4-35H,1-3H3. The van der Waals surface area contributed by atoms with Crippen molar-refractivity contribution in [3.63, 3.8) is 0 Å². The minimum absolute atomic E-state index is 0.303. The van der Waals surface area contributed by atoms with Crippen molar-refractivity contribution < 1.29 is 4.42 Å². The molecule has 0 atom stereocenters. The highest BCUT2D eigenvalue weighted by Crippen LogP contribution is 2.45. The summed E-state index contributed by atoms with van der Waals surface area (Å²) in [7, 11) is 0. The average molecular weight is 864 g/mol. The van der Waals surface area contributed by atoms with Crippen LogP contribution in [0.1, 0.15) is 26.7 Å². The Bertz CT molecular complexity index is 4040. The minimum Gasteiger partial charge on any atom is -0.407 e. The highest BCUT2D eigenvalue weighted by molar-refractivity contribution is 6.14. The molecule has 0 amide bonds. The van der Waals surface area contributed by atoms with E-state index in [1.54, 1.807) is 0 Å². The van der Waals surface area contributed by atoms with Crippen LogP contribution in [-0.2, 0) is 5.41 Å². The van der Waals surface area contributed by atoms with Crippen molar-refractivity contribution in [1.29, 1.82) is 0 Å². The maximum Gasteiger partial charge on any atom is 0.327 e. The van der Waals surface area contributed by atoms with Crippen molar-refractivity contribution in [2.75, 3.05) is 0 Å². The number of rotatable bonds is 5. The van der Waals surface area contributed by atoms with E-state index in [0.717, 1.165) is 83.2 Å². The summed E-state index contributed by atoms with van der Waals surface area (Å²) >= 11 is 0. The first-order chi connectivity index (χ1) is 32.9. The SMILES string of the molecule is CC(C)(C)c1nnc(-n2c3ccc(-c4cc(-n5c6ccccc6c6ccccc65)c(-n5c6ccccc6c6ccccc65)c(-n5c6ccccc6c6ccccc65)c4)cc3c3ncccc32)o1. The number of benzene rings is 8. The summed E-state index contributed by atoms with van der Waals surface area (Å²) in [5, 5.41) is 17.3. The Balaban J connectivity index is 1.16. The van der Waals surface area contributed by atoms with Crippen LogP contribution in [0, 0.1) is 0 Å². The van der Waals surface area contributed by atoms with Gasteiger partial charge in [0.1, 0.15) is 0 Å². The Hall–Kier alpha value is -8.75. The van der Waals surface area contributed by atoms with E-state index in [1.807, 2.05) is 16.8 Å². The average Bonchev–Trinajstić information content (AvgIpc) is 4.19. The molecule has 0 radical (unpaired) electrons. The second kappa shape index (κ2) is 13.9. The van der Waals surface area contributed by atoms with Crippen LogP contribution < -0.4 is 0 Å². The molecule has 0 bridgehead atoms. The van der Waals surface area contributed by atoms with E-state index < -0.39 is 0 Å². The predicted molar refractivity (Wildman–Crippen MR) is 274 cm³/mol. The number of aromatic nitrogens is 7. The molecule has 0 aliphatic carbocycles. The van der Waals surface area contributed by atoms with Crippen LogP contribution in [0.5, 0.6) is 0 Å². The van der Waals surface area contributed by atoms with E-state index in [1.165, 1.54) is 32.3 Å². The minimum atomic E-state index is -0.303. The van der Waals surface area contributed by atoms with Gasteiger partial charge in [-0.1, -0.05) is 141 Å². The van der Waals surface area contributed by atoms with Gasteiger partial charge < -0.3 is 18.1 Å². The second-order valence-electron chi connectivity index (χ2n) is 18.6. The predicted octanol–water partition coefficient (Wildman–Crippen LogP) is 14.8. The third-order valence-corrected chi connectivity index (χ3v) is 13.6. The summed E-state index contributed by atoms with van der Waals surface area (Å²) in [5.41, 5.74) is 14.5. The first-order valence-electron chi connectivity index (χ1n) is 22.8. The molecular weight excluding hydrogens is 823 g/mol. The molecule has 0 N–H and O–H groups in total. The molecule has 14 rings (SSSR count). The first-order valence-corrected chi connectivity index (χ1v) is 22.8. The van der Waals surface area contributed by atoms with Gasteiger partial charge >= 0.3 is 6.01 Å². The van der Waals surface area contributed by atoms with Crippen LogP contribution in [0.3, 0.4) is 0 Å². The summed E-state index contributed by atoms with van der Waals surface area (Å²) in [6, 6.07) is 68.8. The molecule has 0 fully saturated rings. The Kier molecular flexibility index (Phi) is 7.79. The highest BCUT2D eigenvalue weighted by Gasteiger charge is 2.28. The monoisotopic (exact) mass is 863 g/mol. The molecular formula is C59H41N7O. The van der Waals surface area contributed by atoms with Crippen molar-refractivity contribution >= 4 is 87.4 Å². The van der Waals surface area contributed by atoms with E-state index in [9.17, 15) is 0 Å². The van der Waals surface area contributed by atoms with Crippen molar-refractivity contribution in [3.8, 4) is 34.2 Å². The maximum absolute atomic E-state index is 6.39. The molecule has 0 saturated heterocycles. The fourth-order valence-corrected chi connectivity index (χ4v) is 10.7. The van der Waals surface area contributed by atoms with Gasteiger partial charge in [-0.15, -0.1) is 5.10 Å². The van der Waals surface area contributed by atoms with Gasteiger partial charge in [-0.25, -0.2) is 0 Å². The fraction of sp³-hybridized carbons (Fsp3) is 0.0678. The zero-order valence-electron chi connectivity index (χ0n) is 37.0. The quantitative estimate of drug-likeness (QED) is 0.173. The molecule has 8 heteroatoms. The first kappa shape index (κ1) is 37.6. The largest absolute Gasteiger partial charge is 0.407 e. The molecule has 6 aromatic heterocycles. The molecule has 8 nitrogen and oxygen atoms in total. The van der Waals surface area contributed by atoms with E-state index in [-0.39, 0.29) is 5.41 Å². The zero-order chi connectivity index (χ0) is 44.5. The van der Waals surface area contributed by atoms with Gasteiger partial charge in [0.05, 0.1) is 66.7 Å². The van der Waals surface area contributed by atoms with Crippen molar-refractivity contribution in [3.05, 3.63) is 200 Å². The smallest absolute Gasteiger partial charge is 0.327 e. The Labute approximate surface area is 384 Å². The molecule has 318 valence electrons. The van der Waals surface area contributed by atoms with Gasteiger partial charge in [0, 0.05) is 49.3 Å². The number of hydrogen-bond donors (Lipinski definition) is 0. The van der Waals surface area contributed by atoms with E-state index >= 15 is 0 Å². The van der Waals surface area contributed by atoms with Crippen molar-refractivity contribution in [2.45, 2.75) is 26.2 Å². The molecule has 0 spiro atoms. The Morgan fingerprint density at radius 1 is 0.373 bits per heavy atom. The number of para-hydroxylation sites is 6. The molecule has 0 aliphatic rings. The van der Waals surface area contributed by atoms with Crippen molar-refractivity contribution in [2.24, 2.45) is 0 Å². The summed E-state index contributed by atoms with van der Waals surface area (Å²) < 4.78 is 15.9. The molecule has 14 aromatic rings. The lowest BCUT2D eigenvalue weighted by molar-refractivity contribution is 0.387. The van der Waals surface area contributed by atoms with E-state index in [2.05, 4.69) is 227 Å². The van der Waals surface area contributed by atoms with Crippen LogP contribution >= 0.6 is 0 Å². The molecule has 0 unspecified atom stereocenters. The normalized spacial score (nSPS) is 12.4. The third-order valence-electron chi connectivity index (χ3n) is 13.6. The Morgan fingerprint density at radius 3 is 1.24 bits per heavy atom. The molecule has 8 aromatic carbocycles. The van der Waals surface area contributed by atoms with Gasteiger partial charge in [0.25, 0.3) is 0 Å². The maximum atomic E-state index is 6.39. The number of pyridine rings is 1. The van der Waals surface area contributed by atoms with Crippen LogP contribution in [0.15, 0.2) is 199 Å². The van der Waals surface area contributed by atoms with Gasteiger partial charge in [-0.2, -0.15) is 0 Å². The number of hydrogen-bond acceptors (Lipinski definition) is 4. The molecule has 6 heterocycles. The number of nitrogens with zero attached hydrogens (tertiary/aromatic N) is 7. The molecule has 0 saturated carbocycles. The second-order valence-corrected chi connectivity index (χ2v) is 18.6. The van der Waals surface area contributed by atoms with Crippen LogP contribution in [-0.4, -0.2) is 33.4 Å². The lowest BCUT2D eigenvalue weighted by atomic mass is 9.97. The summed E-state index contributed by atoms with van der Waals surface area (Å²) in [6.07, 6.45) is 1.86. The number of fused-ring (bicyclic) bond motifs is 12. The van der Waals surface area contributed by atoms with Crippen molar-refractivity contribution in [1.82, 2.24) is 33.4 Å². The van der Waals surface area contributed by atoms with Gasteiger partial charge in [-0.3, -0.25) is 9.55 Å². The summed E-state index contributed by atoms with van der Waals surface area (Å²) in [5.74, 6) is 0.580.